The molecule has 0 aliphatic rings. The molecule has 0 fully saturated rings. The van der Waals surface area contributed by atoms with Crippen LogP contribution in [-0.4, -0.2) is 17.6 Å². The van der Waals surface area contributed by atoms with Crippen molar-refractivity contribution in [2.45, 2.75) is 12.5 Å². The molecule has 2 aromatic heterocycles. The number of furan rings is 1. The number of benzene rings is 1. The predicted octanol–water partition coefficient (Wildman–Crippen LogP) is 3.89. The highest BCUT2D eigenvalue weighted by Gasteiger charge is 2.28. The van der Waals surface area contributed by atoms with Gasteiger partial charge in [-0.3, -0.25) is 4.79 Å². The zero-order valence-electron chi connectivity index (χ0n) is 11.8. The molecule has 0 saturated heterocycles. The van der Waals surface area contributed by atoms with E-state index in [9.17, 15) is 9.90 Å². The first-order valence-electron chi connectivity index (χ1n) is 6.69. The average Bonchev–Trinajstić information content (AvgIpc) is 3.11. The summed E-state index contributed by atoms with van der Waals surface area (Å²) in [5.41, 5.74) is -0.560. The molecule has 1 aromatic carbocycles. The Morgan fingerprint density at radius 2 is 2.18 bits per heavy atom. The zero-order chi connectivity index (χ0) is 15.7. The largest absolute Gasteiger partial charge is 0.458 e. The van der Waals surface area contributed by atoms with E-state index in [1.807, 2.05) is 29.6 Å². The summed E-state index contributed by atoms with van der Waals surface area (Å²) in [6, 6.07) is 11.1. The summed E-state index contributed by atoms with van der Waals surface area (Å²) in [5.74, 6) is 0.216. The van der Waals surface area contributed by atoms with Gasteiger partial charge in [0.1, 0.15) is 16.9 Å². The van der Waals surface area contributed by atoms with Gasteiger partial charge < -0.3 is 14.8 Å². The van der Waals surface area contributed by atoms with Gasteiger partial charge in [-0.05, 0) is 41.1 Å². The Bertz CT molecular complexity index is 789. The number of nitrogens with one attached hydrogen (secondary N) is 1. The third-order valence-corrected chi connectivity index (χ3v) is 5.03. The second kappa shape index (κ2) is 5.87. The van der Waals surface area contributed by atoms with Crippen LogP contribution in [-0.2, 0) is 5.60 Å². The molecule has 0 radical (unpaired) electrons. The average molecular weight is 380 g/mol. The fourth-order valence-corrected chi connectivity index (χ4v) is 3.45. The molecule has 2 heterocycles. The Morgan fingerprint density at radius 1 is 1.41 bits per heavy atom. The van der Waals surface area contributed by atoms with Crippen LogP contribution in [0.1, 0.15) is 22.4 Å². The Labute approximate surface area is 139 Å². The lowest BCUT2D eigenvalue weighted by Crippen LogP contribution is -2.38. The lowest BCUT2D eigenvalue weighted by Gasteiger charge is -2.20. The van der Waals surface area contributed by atoms with E-state index < -0.39 is 5.60 Å². The van der Waals surface area contributed by atoms with Gasteiger partial charge in [0, 0.05) is 15.2 Å². The Morgan fingerprint density at radius 3 is 2.86 bits per heavy atom. The number of carbonyl (C=O) groups excluding carboxylic acids is 1. The van der Waals surface area contributed by atoms with Gasteiger partial charge in [0.25, 0.3) is 5.91 Å². The van der Waals surface area contributed by atoms with Crippen LogP contribution in [0.25, 0.3) is 11.0 Å². The fourth-order valence-electron chi connectivity index (χ4n) is 2.11. The normalized spacial score (nSPS) is 14.0. The van der Waals surface area contributed by atoms with Crippen LogP contribution in [0.3, 0.4) is 0 Å². The molecule has 3 aromatic rings. The van der Waals surface area contributed by atoms with Gasteiger partial charge in [-0.2, -0.15) is 0 Å². The van der Waals surface area contributed by atoms with E-state index >= 15 is 0 Å². The van der Waals surface area contributed by atoms with Crippen molar-refractivity contribution in [1.29, 1.82) is 0 Å². The van der Waals surface area contributed by atoms with Crippen LogP contribution in [0.15, 0.2) is 50.7 Å². The van der Waals surface area contributed by atoms with E-state index in [4.69, 9.17) is 4.42 Å². The van der Waals surface area contributed by atoms with Gasteiger partial charge in [-0.25, -0.2) is 0 Å². The highest BCUT2D eigenvalue weighted by molar-refractivity contribution is 9.10. The van der Waals surface area contributed by atoms with E-state index in [1.54, 1.807) is 19.1 Å². The van der Waals surface area contributed by atoms with Crippen molar-refractivity contribution in [2.75, 3.05) is 6.54 Å². The molecule has 22 heavy (non-hydrogen) atoms. The van der Waals surface area contributed by atoms with E-state index in [2.05, 4.69) is 21.2 Å². The second-order valence-corrected chi connectivity index (χ2v) is 7.06. The predicted molar refractivity (Wildman–Crippen MR) is 90.1 cm³/mol. The van der Waals surface area contributed by atoms with E-state index in [1.165, 1.54) is 11.3 Å². The quantitative estimate of drug-likeness (QED) is 0.722. The highest BCUT2D eigenvalue weighted by atomic mass is 79.9. The van der Waals surface area contributed by atoms with E-state index in [0.717, 1.165) is 9.86 Å². The molecule has 0 aliphatic heterocycles. The smallest absolute Gasteiger partial charge is 0.261 e. The molecule has 4 nitrogen and oxygen atoms in total. The fraction of sp³-hybridized carbons (Fsp3) is 0.188. The highest BCUT2D eigenvalue weighted by Crippen LogP contribution is 2.27. The van der Waals surface area contributed by atoms with Gasteiger partial charge in [-0.1, -0.05) is 18.2 Å². The van der Waals surface area contributed by atoms with Crippen LogP contribution in [0.5, 0.6) is 0 Å². The molecule has 114 valence electrons. The van der Waals surface area contributed by atoms with Crippen molar-refractivity contribution in [3.05, 3.63) is 56.9 Å². The zero-order valence-corrected chi connectivity index (χ0v) is 14.2. The molecule has 0 bridgehead atoms. The molecule has 2 N–H and O–H groups in total. The number of thiophene rings is 1. The summed E-state index contributed by atoms with van der Waals surface area (Å²) in [5, 5.41) is 16.1. The van der Waals surface area contributed by atoms with Gasteiger partial charge >= 0.3 is 0 Å². The number of amides is 1. The summed E-state index contributed by atoms with van der Waals surface area (Å²) in [7, 11) is 0. The number of para-hydroxylation sites is 1. The van der Waals surface area contributed by atoms with Crippen LogP contribution in [0, 0.1) is 0 Å². The molecule has 1 amide bonds. The van der Waals surface area contributed by atoms with Crippen molar-refractivity contribution in [2.24, 2.45) is 0 Å². The standard InChI is InChI=1S/C16H14BrNO3S/c1-16(20,9-18-15(19)13-7-11(17)8-22-13)14-6-10-4-2-3-5-12(10)21-14/h2-8,20H,9H2,1H3,(H,18,19)/t16-/m0/s1. The molecule has 0 unspecified atom stereocenters. The van der Waals surface area contributed by atoms with Gasteiger partial charge in [-0.15, -0.1) is 11.3 Å². The summed E-state index contributed by atoms with van der Waals surface area (Å²) in [6.45, 7) is 1.69. The third-order valence-electron chi connectivity index (χ3n) is 3.34. The van der Waals surface area contributed by atoms with Crippen molar-refractivity contribution in [3.63, 3.8) is 0 Å². The third kappa shape index (κ3) is 3.09. The molecule has 0 spiro atoms. The van der Waals surface area contributed by atoms with E-state index in [0.29, 0.717) is 16.2 Å². The maximum atomic E-state index is 12.0. The summed E-state index contributed by atoms with van der Waals surface area (Å²) >= 11 is 4.66. The topological polar surface area (TPSA) is 62.5 Å². The number of halogens is 1. The maximum absolute atomic E-state index is 12.0. The van der Waals surface area contributed by atoms with Gasteiger partial charge in [0.15, 0.2) is 0 Å². The lowest BCUT2D eigenvalue weighted by atomic mass is 10.0. The van der Waals surface area contributed by atoms with Crippen molar-refractivity contribution in [1.82, 2.24) is 5.32 Å². The molecule has 6 heteroatoms. The van der Waals surface area contributed by atoms with Crippen LogP contribution < -0.4 is 5.32 Å². The Balaban J connectivity index is 1.74. The van der Waals surface area contributed by atoms with Crippen molar-refractivity contribution < 1.29 is 14.3 Å². The Kier molecular flexibility index (Phi) is 4.08. The first kappa shape index (κ1) is 15.3. The summed E-state index contributed by atoms with van der Waals surface area (Å²) in [6.07, 6.45) is 0. The minimum atomic E-state index is -1.27. The lowest BCUT2D eigenvalue weighted by molar-refractivity contribution is 0.0345. The number of carbonyl (C=O) groups is 1. The number of hydrogen-bond donors (Lipinski definition) is 2. The Hall–Kier alpha value is -1.63. The second-order valence-electron chi connectivity index (χ2n) is 5.23. The molecule has 1 atom stereocenters. The molecule has 0 saturated carbocycles. The number of fused-ring (bicyclic) bond motifs is 1. The summed E-state index contributed by atoms with van der Waals surface area (Å²) in [4.78, 5) is 12.6. The van der Waals surface area contributed by atoms with Crippen molar-refractivity contribution in [3.8, 4) is 0 Å². The minimum Gasteiger partial charge on any atom is -0.458 e. The maximum Gasteiger partial charge on any atom is 0.261 e. The number of rotatable bonds is 4. The van der Waals surface area contributed by atoms with Gasteiger partial charge in [0.2, 0.25) is 0 Å². The van der Waals surface area contributed by atoms with Crippen molar-refractivity contribution >= 4 is 44.1 Å². The number of aliphatic hydroxyl groups is 1. The summed E-state index contributed by atoms with van der Waals surface area (Å²) < 4.78 is 6.54. The minimum absolute atomic E-state index is 0.0706. The number of hydrogen-bond acceptors (Lipinski definition) is 4. The molecular formula is C16H14BrNO3S. The SMILES string of the molecule is C[C@](O)(CNC(=O)c1cc(Br)cs1)c1cc2ccccc2o1. The monoisotopic (exact) mass is 379 g/mol. The van der Waals surface area contributed by atoms with E-state index in [-0.39, 0.29) is 12.5 Å². The van der Waals surface area contributed by atoms with Crippen LogP contribution in [0.4, 0.5) is 0 Å². The molecular weight excluding hydrogens is 366 g/mol. The van der Waals surface area contributed by atoms with Crippen LogP contribution >= 0.6 is 27.3 Å². The van der Waals surface area contributed by atoms with Crippen LogP contribution in [0.2, 0.25) is 0 Å². The van der Waals surface area contributed by atoms with Gasteiger partial charge in [0.05, 0.1) is 11.4 Å². The first-order chi connectivity index (χ1) is 10.5. The molecule has 3 rings (SSSR count). The first-order valence-corrected chi connectivity index (χ1v) is 8.37. The molecule has 0 aliphatic carbocycles.